The van der Waals surface area contributed by atoms with Crippen LogP contribution in [0.25, 0.3) is 0 Å². The van der Waals surface area contributed by atoms with Gasteiger partial charge in [0.15, 0.2) is 0 Å². The van der Waals surface area contributed by atoms with Crippen molar-refractivity contribution < 1.29 is 5.11 Å². The Hall–Kier alpha value is -3.28. The van der Waals surface area contributed by atoms with Gasteiger partial charge in [0.05, 0.1) is 6.04 Å². The van der Waals surface area contributed by atoms with Crippen LogP contribution in [0.5, 0.6) is 5.75 Å². The van der Waals surface area contributed by atoms with Gasteiger partial charge in [-0.3, -0.25) is 0 Å². The number of phenolic OH excluding ortho intramolecular Hbond substituents is 1. The summed E-state index contributed by atoms with van der Waals surface area (Å²) in [6.45, 7) is 1.86. The molecule has 0 fully saturated rings. The number of nitrogen functional groups attached to an aromatic ring is 1. The fraction of sp³-hybridized carbons (Fsp3) is 0.158. The molecule has 1 atom stereocenters. The Morgan fingerprint density at radius 3 is 2.88 bits per heavy atom. The van der Waals surface area contributed by atoms with Crippen LogP contribution in [0, 0.1) is 6.92 Å². The molecule has 0 aliphatic carbocycles. The van der Waals surface area contributed by atoms with Crippen LogP contribution >= 0.6 is 0 Å². The topological polar surface area (TPSA) is 96.1 Å². The molecule has 0 amide bonds. The molecule has 0 saturated carbocycles. The fourth-order valence-electron chi connectivity index (χ4n) is 3.06. The van der Waals surface area contributed by atoms with Crippen molar-refractivity contribution in [2.75, 3.05) is 16.4 Å². The molecule has 25 heavy (non-hydrogen) atoms. The third-order valence-corrected chi connectivity index (χ3v) is 4.45. The number of hydrogen-bond acceptors (Lipinski definition) is 6. The highest BCUT2D eigenvalue weighted by atomic mass is 16.3. The Balaban J connectivity index is 1.62. The van der Waals surface area contributed by atoms with Crippen LogP contribution in [0.15, 0.2) is 48.8 Å². The molecule has 126 valence electrons. The average Bonchev–Trinajstić information content (AvgIpc) is 3.04. The van der Waals surface area contributed by atoms with E-state index in [9.17, 15) is 5.11 Å². The predicted molar refractivity (Wildman–Crippen MR) is 99.1 cm³/mol. The van der Waals surface area contributed by atoms with E-state index in [-0.39, 0.29) is 11.8 Å². The average molecular weight is 333 g/mol. The van der Waals surface area contributed by atoms with E-state index in [0.29, 0.717) is 0 Å². The molecule has 1 aromatic heterocycles. The van der Waals surface area contributed by atoms with Gasteiger partial charge in [-0.05, 0) is 36.2 Å². The molecule has 0 spiro atoms. The summed E-state index contributed by atoms with van der Waals surface area (Å²) in [5.74, 6) is 1.82. The highest BCUT2D eigenvalue weighted by Gasteiger charge is 2.26. The molecule has 0 saturated heterocycles. The van der Waals surface area contributed by atoms with Gasteiger partial charge in [-0.2, -0.15) is 0 Å². The number of anilines is 4. The quantitative estimate of drug-likeness (QED) is 0.548. The summed E-state index contributed by atoms with van der Waals surface area (Å²) in [5.41, 5.74) is 10.4. The van der Waals surface area contributed by atoms with E-state index in [0.717, 1.165) is 46.1 Å². The lowest BCUT2D eigenvalue weighted by Crippen LogP contribution is -2.06. The van der Waals surface area contributed by atoms with E-state index in [4.69, 9.17) is 5.73 Å². The molecule has 2 heterocycles. The van der Waals surface area contributed by atoms with Crippen LogP contribution in [0.1, 0.15) is 22.7 Å². The summed E-state index contributed by atoms with van der Waals surface area (Å²) >= 11 is 0. The summed E-state index contributed by atoms with van der Waals surface area (Å²) in [6, 6.07) is 13.5. The number of aryl methyl sites for hydroxylation is 1. The Labute approximate surface area is 145 Å². The van der Waals surface area contributed by atoms with Gasteiger partial charge >= 0.3 is 0 Å². The molecule has 6 heteroatoms. The Kier molecular flexibility index (Phi) is 3.65. The lowest BCUT2D eigenvalue weighted by molar-refractivity contribution is 0.471. The van der Waals surface area contributed by atoms with Crippen molar-refractivity contribution in [2.45, 2.75) is 19.4 Å². The first-order chi connectivity index (χ1) is 12.1. The highest BCUT2D eigenvalue weighted by molar-refractivity contribution is 5.69. The number of fused-ring (bicyclic) bond motifs is 1. The van der Waals surface area contributed by atoms with E-state index >= 15 is 0 Å². The number of rotatable bonds is 3. The first-order valence-corrected chi connectivity index (χ1v) is 8.12. The van der Waals surface area contributed by atoms with Gasteiger partial charge in [0.1, 0.15) is 23.7 Å². The van der Waals surface area contributed by atoms with Gasteiger partial charge in [0, 0.05) is 29.4 Å². The molecule has 1 unspecified atom stereocenters. The standard InChI is InChI=1S/C19H19N5O/c1-11-5-6-14(8-17(11)25)23-18-15-9-16(24-19(15)22-10-21-18)12-3-2-4-13(20)7-12/h2-8,10,16,25H,9,20H2,1H3,(H2,21,22,23,24). The number of hydrogen-bond donors (Lipinski definition) is 4. The lowest BCUT2D eigenvalue weighted by atomic mass is 10.0. The summed E-state index contributed by atoms with van der Waals surface area (Å²) in [5, 5.41) is 16.6. The normalized spacial score (nSPS) is 15.5. The molecule has 6 nitrogen and oxygen atoms in total. The smallest absolute Gasteiger partial charge is 0.139 e. The highest BCUT2D eigenvalue weighted by Crippen LogP contribution is 2.37. The van der Waals surface area contributed by atoms with E-state index in [1.165, 1.54) is 6.33 Å². The molecule has 0 bridgehead atoms. The summed E-state index contributed by atoms with van der Waals surface area (Å²) in [4.78, 5) is 8.72. The van der Waals surface area contributed by atoms with E-state index in [1.54, 1.807) is 6.07 Å². The number of aromatic nitrogens is 2. The van der Waals surface area contributed by atoms with Crippen molar-refractivity contribution in [3.8, 4) is 5.75 Å². The van der Waals surface area contributed by atoms with Gasteiger partial charge in [0.2, 0.25) is 0 Å². The van der Waals surface area contributed by atoms with Crippen LogP contribution < -0.4 is 16.4 Å². The summed E-state index contributed by atoms with van der Waals surface area (Å²) in [6.07, 6.45) is 2.30. The molecule has 1 aliphatic rings. The van der Waals surface area contributed by atoms with E-state index in [2.05, 4.69) is 26.7 Å². The van der Waals surface area contributed by atoms with Gasteiger partial charge in [-0.25, -0.2) is 9.97 Å². The SMILES string of the molecule is Cc1ccc(Nc2ncnc3c2CC(c2cccc(N)c2)N3)cc1O. The minimum atomic E-state index is 0.113. The lowest BCUT2D eigenvalue weighted by Gasteiger charge is -2.11. The number of nitrogens with two attached hydrogens (primary N) is 1. The van der Waals surface area contributed by atoms with E-state index < -0.39 is 0 Å². The van der Waals surface area contributed by atoms with Crippen LogP contribution in [0.3, 0.4) is 0 Å². The third kappa shape index (κ3) is 2.94. The third-order valence-electron chi connectivity index (χ3n) is 4.45. The first kappa shape index (κ1) is 15.3. The second-order valence-electron chi connectivity index (χ2n) is 6.25. The second kappa shape index (κ2) is 5.98. The minimum Gasteiger partial charge on any atom is -0.508 e. The van der Waals surface area contributed by atoms with Crippen molar-refractivity contribution in [1.29, 1.82) is 0 Å². The van der Waals surface area contributed by atoms with E-state index in [1.807, 2.05) is 37.3 Å². The first-order valence-electron chi connectivity index (χ1n) is 8.12. The Morgan fingerprint density at radius 1 is 1.20 bits per heavy atom. The van der Waals surface area contributed by atoms with Gasteiger partial charge in [-0.15, -0.1) is 0 Å². The van der Waals surface area contributed by atoms with Crippen LogP contribution in [0.4, 0.5) is 23.0 Å². The minimum absolute atomic E-state index is 0.113. The van der Waals surface area contributed by atoms with Crippen LogP contribution in [-0.2, 0) is 6.42 Å². The largest absolute Gasteiger partial charge is 0.508 e. The zero-order valence-electron chi connectivity index (χ0n) is 13.8. The fourth-order valence-corrected chi connectivity index (χ4v) is 3.06. The van der Waals surface area contributed by atoms with Gasteiger partial charge in [-0.1, -0.05) is 18.2 Å². The molecular formula is C19H19N5O. The van der Waals surface area contributed by atoms with Crippen molar-refractivity contribution in [2.24, 2.45) is 0 Å². The number of nitrogens with one attached hydrogen (secondary N) is 2. The Morgan fingerprint density at radius 2 is 2.08 bits per heavy atom. The summed E-state index contributed by atoms with van der Waals surface area (Å²) < 4.78 is 0. The summed E-state index contributed by atoms with van der Waals surface area (Å²) in [7, 11) is 0. The number of nitrogens with zero attached hydrogens (tertiary/aromatic N) is 2. The molecule has 0 radical (unpaired) electrons. The molecule has 3 aromatic rings. The number of aromatic hydroxyl groups is 1. The second-order valence-corrected chi connectivity index (χ2v) is 6.25. The molecule has 5 N–H and O–H groups in total. The number of benzene rings is 2. The van der Waals surface area contributed by atoms with Crippen molar-refractivity contribution in [3.63, 3.8) is 0 Å². The maximum atomic E-state index is 9.89. The van der Waals surface area contributed by atoms with Crippen LogP contribution in [0.2, 0.25) is 0 Å². The van der Waals surface area contributed by atoms with Gasteiger partial charge < -0.3 is 21.5 Å². The predicted octanol–water partition coefficient (Wildman–Crippen LogP) is 3.53. The monoisotopic (exact) mass is 333 g/mol. The van der Waals surface area contributed by atoms with Crippen molar-refractivity contribution in [1.82, 2.24) is 9.97 Å². The molecule has 1 aliphatic heterocycles. The van der Waals surface area contributed by atoms with Crippen molar-refractivity contribution >= 4 is 23.0 Å². The zero-order chi connectivity index (χ0) is 17.4. The van der Waals surface area contributed by atoms with Crippen LogP contribution in [-0.4, -0.2) is 15.1 Å². The molecule has 2 aromatic carbocycles. The Bertz CT molecular complexity index is 941. The maximum absolute atomic E-state index is 9.89. The molecule has 4 rings (SSSR count). The van der Waals surface area contributed by atoms with Gasteiger partial charge in [0.25, 0.3) is 0 Å². The molecular weight excluding hydrogens is 314 g/mol. The maximum Gasteiger partial charge on any atom is 0.139 e. The zero-order valence-corrected chi connectivity index (χ0v) is 13.8. The number of phenols is 1. The van der Waals surface area contributed by atoms with Crippen molar-refractivity contribution in [3.05, 3.63) is 65.5 Å².